The number of aliphatic carboxylic acids is 2. The Morgan fingerprint density at radius 3 is 1.77 bits per heavy atom. The van der Waals surface area contributed by atoms with Gasteiger partial charge in [-0.2, -0.15) is 0 Å². The Labute approximate surface area is 73.8 Å². The molecule has 0 saturated heterocycles. The molecule has 0 aromatic heterocycles. The molecule has 7 heteroatoms. The fraction of sp³-hybridized carbons (Fsp3) is 0.667. The van der Waals surface area contributed by atoms with E-state index in [1.54, 1.807) is 0 Å². The van der Waals surface area contributed by atoms with Crippen LogP contribution in [0, 0.1) is 0 Å². The van der Waals surface area contributed by atoms with Crippen LogP contribution in [0.4, 0.5) is 0 Å². The lowest BCUT2D eigenvalue weighted by Gasteiger charge is -2.31. The van der Waals surface area contributed by atoms with Crippen LogP contribution < -0.4 is 0 Å². The van der Waals surface area contributed by atoms with Gasteiger partial charge < -0.3 is 20.4 Å². The molecule has 0 spiro atoms. The van der Waals surface area contributed by atoms with E-state index < -0.39 is 23.8 Å². The van der Waals surface area contributed by atoms with Crippen LogP contribution in [0.5, 0.6) is 0 Å². The second-order valence-electron chi connectivity index (χ2n) is 2.67. The van der Waals surface area contributed by atoms with Crippen molar-refractivity contribution in [1.82, 2.24) is 4.90 Å². The van der Waals surface area contributed by atoms with Gasteiger partial charge in [0.1, 0.15) is 0 Å². The maximum Gasteiger partial charge on any atom is 0.354 e. The van der Waals surface area contributed by atoms with Crippen molar-refractivity contribution >= 4 is 11.9 Å². The summed E-state index contributed by atoms with van der Waals surface area (Å²) in [4.78, 5) is 21.5. The molecule has 0 heterocycles. The van der Waals surface area contributed by atoms with Gasteiger partial charge in [0.25, 0.3) is 5.72 Å². The summed E-state index contributed by atoms with van der Waals surface area (Å²) in [6, 6.07) is 0. The third kappa shape index (κ3) is 1.94. The third-order valence-corrected chi connectivity index (χ3v) is 1.61. The molecule has 13 heavy (non-hydrogen) atoms. The standard InChI is InChI=1S/C6H11NO6/c1-7(2)6(13,5(11)12)3(8)4(9)10/h3,8,13H,1-2H3,(H,9,10)(H,11,12). The van der Waals surface area contributed by atoms with Crippen molar-refractivity contribution in [3.8, 4) is 0 Å². The summed E-state index contributed by atoms with van der Waals surface area (Å²) in [6.07, 6.45) is -2.40. The number of rotatable bonds is 4. The second kappa shape index (κ2) is 3.69. The average molecular weight is 193 g/mol. The molecule has 0 saturated carbocycles. The molecule has 0 aromatic carbocycles. The number of hydrogen-bond acceptors (Lipinski definition) is 5. The number of carboxylic acid groups (broad SMARTS) is 2. The van der Waals surface area contributed by atoms with Crippen molar-refractivity contribution in [2.24, 2.45) is 0 Å². The number of nitrogens with zero attached hydrogens (tertiary/aromatic N) is 1. The molecule has 2 atom stereocenters. The van der Waals surface area contributed by atoms with Crippen LogP contribution in [-0.4, -0.2) is 63.2 Å². The zero-order chi connectivity index (χ0) is 10.8. The van der Waals surface area contributed by atoms with Crippen LogP contribution in [0.15, 0.2) is 0 Å². The van der Waals surface area contributed by atoms with E-state index in [0.29, 0.717) is 4.90 Å². The average Bonchev–Trinajstić information content (AvgIpc) is 2.00. The molecule has 0 aromatic rings. The Balaban J connectivity index is 5.01. The van der Waals surface area contributed by atoms with E-state index in [2.05, 4.69) is 0 Å². The molecule has 0 aliphatic heterocycles. The summed E-state index contributed by atoms with van der Waals surface area (Å²) in [5.41, 5.74) is -2.81. The lowest BCUT2D eigenvalue weighted by atomic mass is 10.1. The number of aliphatic hydroxyl groups is 2. The second-order valence-corrected chi connectivity index (χ2v) is 2.67. The number of hydrogen-bond donors (Lipinski definition) is 4. The third-order valence-electron chi connectivity index (χ3n) is 1.61. The molecule has 76 valence electrons. The van der Waals surface area contributed by atoms with Gasteiger partial charge in [0, 0.05) is 0 Å². The first-order chi connectivity index (χ1) is 5.74. The highest BCUT2D eigenvalue weighted by Gasteiger charge is 2.50. The highest BCUT2D eigenvalue weighted by molar-refractivity contribution is 5.86. The Morgan fingerprint density at radius 1 is 1.31 bits per heavy atom. The topological polar surface area (TPSA) is 118 Å². The lowest BCUT2D eigenvalue weighted by molar-refractivity contribution is -0.208. The number of carbonyl (C=O) groups is 2. The van der Waals surface area contributed by atoms with Gasteiger partial charge in [0.15, 0.2) is 0 Å². The lowest BCUT2D eigenvalue weighted by Crippen LogP contribution is -2.62. The van der Waals surface area contributed by atoms with Gasteiger partial charge in [0.2, 0.25) is 6.10 Å². The van der Waals surface area contributed by atoms with Gasteiger partial charge in [-0.15, -0.1) is 0 Å². The zero-order valence-corrected chi connectivity index (χ0v) is 7.13. The van der Waals surface area contributed by atoms with Gasteiger partial charge in [0.05, 0.1) is 0 Å². The van der Waals surface area contributed by atoms with Gasteiger partial charge in [-0.25, -0.2) is 9.59 Å². The summed E-state index contributed by atoms with van der Waals surface area (Å²) in [5.74, 6) is -3.63. The van der Waals surface area contributed by atoms with Crippen molar-refractivity contribution in [1.29, 1.82) is 0 Å². The maximum atomic E-state index is 10.5. The Bertz CT molecular complexity index is 227. The van der Waals surface area contributed by atoms with Crippen LogP contribution in [0.3, 0.4) is 0 Å². The van der Waals surface area contributed by atoms with Crippen LogP contribution in [0.2, 0.25) is 0 Å². The molecule has 0 aliphatic rings. The predicted octanol–water partition coefficient (Wildman–Crippen LogP) is -2.23. The summed E-state index contributed by atoms with van der Waals surface area (Å²) >= 11 is 0. The summed E-state index contributed by atoms with van der Waals surface area (Å²) < 4.78 is 0. The smallest absolute Gasteiger partial charge is 0.354 e. The van der Waals surface area contributed by atoms with Crippen molar-refractivity contribution < 1.29 is 30.0 Å². The first-order valence-corrected chi connectivity index (χ1v) is 3.28. The first-order valence-electron chi connectivity index (χ1n) is 3.28. The minimum Gasteiger partial charge on any atom is -0.479 e. The fourth-order valence-corrected chi connectivity index (χ4v) is 0.725. The first kappa shape index (κ1) is 11.8. The Kier molecular flexibility index (Phi) is 3.35. The van der Waals surface area contributed by atoms with Gasteiger partial charge in [-0.05, 0) is 14.1 Å². The molecule has 0 radical (unpaired) electrons. The van der Waals surface area contributed by atoms with E-state index in [9.17, 15) is 14.7 Å². The minimum absolute atomic E-state index is 0.703. The minimum atomic E-state index is -2.81. The number of likely N-dealkylation sites (N-methyl/N-ethyl adjacent to an activating group) is 1. The van der Waals surface area contributed by atoms with Crippen molar-refractivity contribution in [2.75, 3.05) is 14.1 Å². The highest BCUT2D eigenvalue weighted by Crippen LogP contribution is 2.14. The fourth-order valence-electron chi connectivity index (χ4n) is 0.725. The zero-order valence-electron chi connectivity index (χ0n) is 7.13. The summed E-state index contributed by atoms with van der Waals surface area (Å²) in [7, 11) is 2.28. The predicted molar refractivity (Wildman–Crippen MR) is 39.9 cm³/mol. The van der Waals surface area contributed by atoms with E-state index in [1.165, 1.54) is 0 Å². The molecule has 0 rings (SSSR count). The van der Waals surface area contributed by atoms with E-state index in [-0.39, 0.29) is 0 Å². The number of aliphatic hydroxyl groups excluding tert-OH is 1. The monoisotopic (exact) mass is 193 g/mol. The molecule has 0 aliphatic carbocycles. The van der Waals surface area contributed by atoms with E-state index in [1.807, 2.05) is 0 Å². The Hall–Kier alpha value is -1.18. The van der Waals surface area contributed by atoms with E-state index >= 15 is 0 Å². The molecule has 0 bridgehead atoms. The van der Waals surface area contributed by atoms with E-state index in [0.717, 1.165) is 14.1 Å². The Morgan fingerprint density at radius 2 is 1.69 bits per heavy atom. The van der Waals surface area contributed by atoms with Gasteiger partial charge in [-0.1, -0.05) is 0 Å². The normalized spacial score (nSPS) is 17.9. The van der Waals surface area contributed by atoms with Crippen LogP contribution in [0.1, 0.15) is 0 Å². The van der Waals surface area contributed by atoms with Crippen LogP contribution in [-0.2, 0) is 9.59 Å². The largest absolute Gasteiger partial charge is 0.479 e. The molecule has 0 amide bonds. The van der Waals surface area contributed by atoms with Crippen molar-refractivity contribution in [3.63, 3.8) is 0 Å². The molecule has 4 N–H and O–H groups in total. The molecule has 2 unspecified atom stereocenters. The summed E-state index contributed by atoms with van der Waals surface area (Å²) in [5, 5.41) is 35.0. The molecule has 0 fully saturated rings. The van der Waals surface area contributed by atoms with Crippen LogP contribution >= 0.6 is 0 Å². The quantitative estimate of drug-likeness (QED) is 0.373. The molecular formula is C6H11NO6. The van der Waals surface area contributed by atoms with Gasteiger partial charge >= 0.3 is 11.9 Å². The SMILES string of the molecule is CN(C)C(O)(C(=O)O)C(O)C(=O)O. The highest BCUT2D eigenvalue weighted by atomic mass is 16.5. The van der Waals surface area contributed by atoms with Gasteiger partial charge in [-0.3, -0.25) is 4.90 Å². The van der Waals surface area contributed by atoms with Crippen molar-refractivity contribution in [2.45, 2.75) is 11.8 Å². The maximum absolute atomic E-state index is 10.5. The van der Waals surface area contributed by atoms with Crippen LogP contribution in [0.25, 0.3) is 0 Å². The number of carboxylic acids is 2. The molecular weight excluding hydrogens is 182 g/mol. The van der Waals surface area contributed by atoms with Crippen molar-refractivity contribution in [3.05, 3.63) is 0 Å². The molecule has 7 nitrogen and oxygen atoms in total. The summed E-state index contributed by atoms with van der Waals surface area (Å²) in [6.45, 7) is 0. The van der Waals surface area contributed by atoms with E-state index in [4.69, 9.17) is 15.3 Å².